The van der Waals surface area contributed by atoms with Gasteiger partial charge in [-0.05, 0) is 29.1 Å². The fourth-order valence-corrected chi connectivity index (χ4v) is 4.85. The third-order valence-electron chi connectivity index (χ3n) is 3.20. The molecule has 1 amide bonds. The van der Waals surface area contributed by atoms with Crippen molar-refractivity contribution in [2.45, 2.75) is 22.8 Å². The number of carbonyl (C=O) groups is 1. The largest absolute Gasteiger partial charge is 0.354 e. The molecule has 0 aliphatic rings. The molecule has 0 saturated carbocycles. The maximum absolute atomic E-state index is 13.1. The highest BCUT2D eigenvalue weighted by Crippen LogP contribution is 2.31. The molecule has 0 spiro atoms. The van der Waals surface area contributed by atoms with Gasteiger partial charge in [0.1, 0.15) is 15.3 Å². The molecule has 0 saturated heterocycles. The maximum Gasteiger partial charge on any atom is 0.219 e. The van der Waals surface area contributed by atoms with Crippen molar-refractivity contribution in [2.75, 3.05) is 6.54 Å². The molecule has 0 aliphatic carbocycles. The average Bonchev–Trinajstić information content (AvgIpc) is 3.04. The summed E-state index contributed by atoms with van der Waals surface area (Å²) in [5.74, 6) is -0.665. The van der Waals surface area contributed by atoms with Crippen molar-refractivity contribution < 1.29 is 17.6 Å². The Hall–Kier alpha value is -1.73. The van der Waals surface area contributed by atoms with Gasteiger partial charge in [-0.2, -0.15) is 0 Å². The van der Waals surface area contributed by atoms with E-state index in [1.807, 2.05) is 0 Å². The van der Waals surface area contributed by atoms with Crippen molar-refractivity contribution >= 4 is 27.1 Å². The first-order valence-corrected chi connectivity index (χ1v) is 9.17. The van der Waals surface area contributed by atoms with Gasteiger partial charge in [0.05, 0.1) is 0 Å². The number of amides is 1. The molecule has 7 heteroatoms. The molecule has 0 fully saturated rings. The number of thiophene rings is 1. The Morgan fingerprint density at radius 3 is 2.50 bits per heavy atom. The summed E-state index contributed by atoms with van der Waals surface area (Å²) in [6.07, 6.45) is 0.273. The Morgan fingerprint density at radius 2 is 1.95 bits per heavy atom. The second kappa shape index (κ2) is 7.02. The first kappa shape index (κ1) is 16.6. The number of halogens is 1. The summed E-state index contributed by atoms with van der Waals surface area (Å²) in [7, 11) is -3.65. The van der Waals surface area contributed by atoms with Crippen LogP contribution in [0.3, 0.4) is 0 Å². The van der Waals surface area contributed by atoms with Gasteiger partial charge in [0.2, 0.25) is 5.91 Å². The van der Waals surface area contributed by atoms with Crippen molar-refractivity contribution in [1.82, 2.24) is 5.32 Å². The molecule has 1 aromatic heterocycles. The molecule has 4 nitrogen and oxygen atoms in total. The number of hydrogen-bond acceptors (Lipinski definition) is 4. The molecule has 1 unspecified atom stereocenters. The fourth-order valence-electron chi connectivity index (χ4n) is 1.98. The highest BCUT2D eigenvalue weighted by molar-refractivity contribution is 7.93. The molecular formula is C15H16FNO3S2. The van der Waals surface area contributed by atoms with Crippen LogP contribution in [0.25, 0.3) is 0 Å². The van der Waals surface area contributed by atoms with E-state index in [1.54, 1.807) is 18.4 Å². The van der Waals surface area contributed by atoms with Gasteiger partial charge >= 0.3 is 0 Å². The minimum Gasteiger partial charge on any atom is -0.354 e. The third-order valence-corrected chi connectivity index (χ3v) is 6.73. The lowest BCUT2D eigenvalue weighted by atomic mass is 10.1. The van der Waals surface area contributed by atoms with E-state index < -0.39 is 20.9 Å². The van der Waals surface area contributed by atoms with Gasteiger partial charge in [0.25, 0.3) is 0 Å². The van der Waals surface area contributed by atoms with Crippen LogP contribution in [0.1, 0.15) is 24.2 Å². The van der Waals surface area contributed by atoms with Crippen LogP contribution in [0, 0.1) is 5.82 Å². The average molecular weight is 341 g/mol. The van der Waals surface area contributed by atoms with Crippen molar-refractivity contribution in [3.05, 3.63) is 53.2 Å². The monoisotopic (exact) mass is 341 g/mol. The van der Waals surface area contributed by atoms with Crippen LogP contribution in [-0.4, -0.2) is 20.9 Å². The van der Waals surface area contributed by atoms with E-state index in [-0.39, 0.29) is 23.1 Å². The first-order chi connectivity index (χ1) is 10.4. The highest BCUT2D eigenvalue weighted by Gasteiger charge is 2.30. The lowest BCUT2D eigenvalue weighted by Crippen LogP contribution is -2.31. The van der Waals surface area contributed by atoms with E-state index in [1.165, 1.54) is 30.3 Å². The van der Waals surface area contributed by atoms with Gasteiger partial charge < -0.3 is 5.32 Å². The molecule has 0 aliphatic heterocycles. The van der Waals surface area contributed by atoms with Gasteiger partial charge in [-0.3, -0.25) is 4.79 Å². The van der Waals surface area contributed by atoms with Crippen molar-refractivity contribution in [2.24, 2.45) is 0 Å². The highest BCUT2D eigenvalue weighted by atomic mass is 32.2. The van der Waals surface area contributed by atoms with Crippen molar-refractivity contribution in [3.8, 4) is 0 Å². The third kappa shape index (κ3) is 3.72. The van der Waals surface area contributed by atoms with Crippen LogP contribution in [0.2, 0.25) is 0 Å². The van der Waals surface area contributed by atoms with Crippen LogP contribution in [-0.2, 0) is 14.6 Å². The molecule has 22 heavy (non-hydrogen) atoms. The number of rotatable bonds is 6. The SMILES string of the molecule is CCC(=O)NCC(c1ccc(F)cc1)S(=O)(=O)c1cccs1. The molecule has 0 bridgehead atoms. The molecule has 2 aromatic rings. The maximum atomic E-state index is 13.1. The summed E-state index contributed by atoms with van der Waals surface area (Å²) in [4.78, 5) is 11.5. The zero-order valence-corrected chi connectivity index (χ0v) is 13.6. The Morgan fingerprint density at radius 1 is 1.27 bits per heavy atom. The standard InChI is InChI=1S/C15H16FNO3S2/c1-2-14(18)17-10-13(11-5-7-12(16)8-6-11)22(19,20)15-4-3-9-21-15/h3-9,13H,2,10H2,1H3,(H,17,18). The predicted molar refractivity (Wildman–Crippen MR) is 83.9 cm³/mol. The Kier molecular flexibility index (Phi) is 5.31. The van der Waals surface area contributed by atoms with Crippen LogP contribution >= 0.6 is 11.3 Å². The molecule has 1 heterocycles. The van der Waals surface area contributed by atoms with Crippen LogP contribution in [0.5, 0.6) is 0 Å². The van der Waals surface area contributed by atoms with Gasteiger partial charge in [-0.1, -0.05) is 25.1 Å². The molecule has 2 rings (SSSR count). The molecule has 0 radical (unpaired) electrons. The summed E-state index contributed by atoms with van der Waals surface area (Å²) in [5.41, 5.74) is 0.450. The molecule has 118 valence electrons. The number of nitrogens with one attached hydrogen (secondary N) is 1. The van der Waals surface area contributed by atoms with Crippen LogP contribution in [0.15, 0.2) is 46.0 Å². The van der Waals surface area contributed by atoms with Gasteiger partial charge in [-0.15, -0.1) is 11.3 Å². The van der Waals surface area contributed by atoms with Gasteiger partial charge in [0.15, 0.2) is 9.84 Å². The van der Waals surface area contributed by atoms with E-state index in [0.717, 1.165) is 11.3 Å². The van der Waals surface area contributed by atoms with Crippen LogP contribution < -0.4 is 5.32 Å². The minimum absolute atomic E-state index is 0.0431. The number of carbonyl (C=O) groups excluding carboxylic acids is 1. The number of sulfone groups is 1. The summed E-state index contributed by atoms with van der Waals surface area (Å²) in [6, 6.07) is 8.48. The van der Waals surface area contributed by atoms with E-state index >= 15 is 0 Å². The zero-order chi connectivity index (χ0) is 16.2. The van der Waals surface area contributed by atoms with Crippen LogP contribution in [0.4, 0.5) is 4.39 Å². The molecule has 1 aromatic carbocycles. The van der Waals surface area contributed by atoms with Gasteiger partial charge in [-0.25, -0.2) is 12.8 Å². The van der Waals surface area contributed by atoms with Crippen molar-refractivity contribution in [3.63, 3.8) is 0 Å². The molecule has 1 N–H and O–H groups in total. The Labute approximate surface area is 132 Å². The number of hydrogen-bond donors (Lipinski definition) is 1. The molecule has 1 atom stereocenters. The summed E-state index contributed by atoms with van der Waals surface area (Å²) in [6.45, 7) is 1.65. The lowest BCUT2D eigenvalue weighted by molar-refractivity contribution is -0.120. The Bertz CT molecular complexity index is 725. The summed E-state index contributed by atoms with van der Waals surface area (Å²) < 4.78 is 38.8. The van der Waals surface area contributed by atoms with E-state index in [2.05, 4.69) is 5.32 Å². The second-order valence-corrected chi connectivity index (χ2v) is 7.98. The summed E-state index contributed by atoms with van der Waals surface area (Å²) >= 11 is 1.12. The summed E-state index contributed by atoms with van der Waals surface area (Å²) in [5, 5.41) is 3.34. The first-order valence-electron chi connectivity index (χ1n) is 6.74. The van der Waals surface area contributed by atoms with E-state index in [9.17, 15) is 17.6 Å². The van der Waals surface area contributed by atoms with Gasteiger partial charge in [0, 0.05) is 13.0 Å². The van der Waals surface area contributed by atoms with Crippen molar-refractivity contribution in [1.29, 1.82) is 0 Å². The normalized spacial score (nSPS) is 12.8. The Balaban J connectivity index is 2.37. The van der Waals surface area contributed by atoms with E-state index in [0.29, 0.717) is 5.56 Å². The zero-order valence-electron chi connectivity index (χ0n) is 12.0. The second-order valence-electron chi connectivity index (χ2n) is 4.67. The minimum atomic E-state index is -3.65. The molecular weight excluding hydrogens is 325 g/mol. The quantitative estimate of drug-likeness (QED) is 0.879. The number of benzene rings is 1. The fraction of sp³-hybridized carbons (Fsp3) is 0.267. The smallest absolute Gasteiger partial charge is 0.219 e. The predicted octanol–water partition coefficient (Wildman–Crippen LogP) is 2.93. The van der Waals surface area contributed by atoms with E-state index in [4.69, 9.17) is 0 Å². The topological polar surface area (TPSA) is 63.2 Å². The lowest BCUT2D eigenvalue weighted by Gasteiger charge is -2.18.